The van der Waals surface area contributed by atoms with Gasteiger partial charge in [0, 0.05) is 11.1 Å². The highest BCUT2D eigenvalue weighted by Gasteiger charge is 2.19. The third-order valence-corrected chi connectivity index (χ3v) is 3.17. The second-order valence-electron chi connectivity index (χ2n) is 6.04. The predicted molar refractivity (Wildman–Crippen MR) is 81.8 cm³/mol. The van der Waals surface area contributed by atoms with Crippen molar-refractivity contribution in [1.82, 2.24) is 0 Å². The van der Waals surface area contributed by atoms with Crippen LogP contribution in [0.15, 0.2) is 42.5 Å². The van der Waals surface area contributed by atoms with Gasteiger partial charge in [-0.3, -0.25) is 4.79 Å². The molecule has 0 bridgehead atoms. The Balaban J connectivity index is 2.41. The summed E-state index contributed by atoms with van der Waals surface area (Å²) < 4.78 is 6.00. The van der Waals surface area contributed by atoms with Crippen molar-refractivity contribution in [3.05, 3.63) is 59.2 Å². The van der Waals surface area contributed by atoms with Crippen molar-refractivity contribution in [2.45, 2.75) is 33.1 Å². The van der Waals surface area contributed by atoms with Gasteiger partial charge in [0.05, 0.1) is 0 Å². The molecule has 0 aliphatic rings. The van der Waals surface area contributed by atoms with Gasteiger partial charge in [-0.1, -0.05) is 45.0 Å². The molecule has 2 heteroatoms. The van der Waals surface area contributed by atoms with Gasteiger partial charge in [-0.2, -0.15) is 0 Å². The summed E-state index contributed by atoms with van der Waals surface area (Å²) in [6, 6.07) is 13.4. The fourth-order valence-corrected chi connectivity index (χ4v) is 2.11. The van der Waals surface area contributed by atoms with Gasteiger partial charge in [0.15, 0.2) is 0 Å². The van der Waals surface area contributed by atoms with Gasteiger partial charge in [-0.05, 0) is 36.1 Å². The molecule has 0 N–H and O–H groups in total. The molecule has 0 fully saturated rings. The number of rotatable bonds is 3. The van der Waals surface area contributed by atoms with Gasteiger partial charge >= 0.3 is 0 Å². The molecule has 0 atom stereocenters. The minimum Gasteiger partial charge on any atom is -0.457 e. The molecule has 0 aromatic heterocycles. The highest BCUT2D eigenvalue weighted by molar-refractivity contribution is 5.75. The third kappa shape index (κ3) is 3.27. The fraction of sp³-hybridized carbons (Fsp3) is 0.278. The van der Waals surface area contributed by atoms with E-state index in [1.807, 2.05) is 25.1 Å². The maximum atomic E-state index is 10.8. The van der Waals surface area contributed by atoms with Crippen LogP contribution in [0.1, 0.15) is 42.3 Å². The molecule has 20 heavy (non-hydrogen) atoms. The summed E-state index contributed by atoms with van der Waals surface area (Å²) in [6.45, 7) is 8.52. The standard InChI is InChI=1S/C18H20O2/c1-13-8-9-16(18(2,3)4)17(10-13)20-15-7-5-6-14(11-15)12-19/h5-12H,1-4H3. The molecule has 2 nitrogen and oxygen atoms in total. The van der Waals surface area contributed by atoms with Crippen LogP contribution in [-0.2, 0) is 5.41 Å². The van der Waals surface area contributed by atoms with E-state index in [1.54, 1.807) is 12.1 Å². The summed E-state index contributed by atoms with van der Waals surface area (Å²) >= 11 is 0. The fourth-order valence-electron chi connectivity index (χ4n) is 2.11. The predicted octanol–water partition coefficient (Wildman–Crippen LogP) is 4.90. The van der Waals surface area contributed by atoms with Gasteiger partial charge in [-0.15, -0.1) is 0 Å². The van der Waals surface area contributed by atoms with E-state index in [2.05, 4.69) is 32.9 Å². The summed E-state index contributed by atoms with van der Waals surface area (Å²) in [4.78, 5) is 10.8. The first-order valence-electron chi connectivity index (χ1n) is 6.74. The van der Waals surface area contributed by atoms with Crippen LogP contribution >= 0.6 is 0 Å². The van der Waals surface area contributed by atoms with Crippen molar-refractivity contribution in [2.75, 3.05) is 0 Å². The largest absolute Gasteiger partial charge is 0.457 e. The minimum absolute atomic E-state index is 0.00526. The molecule has 0 saturated heterocycles. The molecular weight excluding hydrogens is 248 g/mol. The highest BCUT2D eigenvalue weighted by Crippen LogP contribution is 2.34. The van der Waals surface area contributed by atoms with Crippen molar-refractivity contribution >= 4 is 6.29 Å². The first kappa shape index (κ1) is 14.3. The average Bonchev–Trinajstić information content (AvgIpc) is 2.37. The van der Waals surface area contributed by atoms with Crippen molar-refractivity contribution in [2.24, 2.45) is 0 Å². The van der Waals surface area contributed by atoms with Crippen LogP contribution in [0.4, 0.5) is 0 Å². The normalized spacial score (nSPS) is 11.2. The summed E-state index contributed by atoms with van der Waals surface area (Å²) in [6.07, 6.45) is 0.827. The van der Waals surface area contributed by atoms with Crippen LogP contribution in [0.2, 0.25) is 0 Å². The van der Waals surface area contributed by atoms with Gasteiger partial charge in [0.1, 0.15) is 17.8 Å². The number of carbonyl (C=O) groups excluding carboxylic acids is 1. The molecule has 0 aliphatic carbocycles. The summed E-state index contributed by atoms with van der Waals surface area (Å²) in [5, 5.41) is 0. The van der Waals surface area contributed by atoms with Gasteiger partial charge in [-0.25, -0.2) is 0 Å². The lowest BCUT2D eigenvalue weighted by Crippen LogP contribution is -2.12. The number of carbonyl (C=O) groups is 1. The van der Waals surface area contributed by atoms with E-state index in [9.17, 15) is 4.79 Å². The van der Waals surface area contributed by atoms with Crippen LogP contribution in [0.25, 0.3) is 0 Å². The summed E-state index contributed by atoms with van der Waals surface area (Å²) in [7, 11) is 0. The Kier molecular flexibility index (Phi) is 3.93. The van der Waals surface area contributed by atoms with E-state index in [-0.39, 0.29) is 5.41 Å². The first-order valence-corrected chi connectivity index (χ1v) is 6.74. The highest BCUT2D eigenvalue weighted by atomic mass is 16.5. The van der Waals surface area contributed by atoms with Crippen molar-refractivity contribution < 1.29 is 9.53 Å². The Hall–Kier alpha value is -2.09. The Morgan fingerprint density at radius 1 is 1.05 bits per heavy atom. The van der Waals surface area contributed by atoms with E-state index >= 15 is 0 Å². The number of benzene rings is 2. The Morgan fingerprint density at radius 2 is 1.80 bits per heavy atom. The molecule has 0 spiro atoms. The van der Waals surface area contributed by atoms with E-state index in [0.29, 0.717) is 11.3 Å². The van der Waals surface area contributed by atoms with E-state index in [0.717, 1.165) is 23.2 Å². The maximum absolute atomic E-state index is 10.8. The zero-order valence-electron chi connectivity index (χ0n) is 12.4. The van der Waals surface area contributed by atoms with Crippen LogP contribution in [0, 0.1) is 6.92 Å². The maximum Gasteiger partial charge on any atom is 0.150 e. The van der Waals surface area contributed by atoms with Crippen molar-refractivity contribution in [3.8, 4) is 11.5 Å². The molecular formula is C18H20O2. The quantitative estimate of drug-likeness (QED) is 0.740. The molecule has 2 rings (SSSR count). The zero-order valence-corrected chi connectivity index (χ0v) is 12.4. The molecule has 0 radical (unpaired) electrons. The summed E-state index contributed by atoms with van der Waals surface area (Å²) in [5.74, 6) is 1.53. The average molecular weight is 268 g/mol. The Bertz CT molecular complexity index is 622. The zero-order chi connectivity index (χ0) is 14.8. The molecule has 0 amide bonds. The van der Waals surface area contributed by atoms with Crippen molar-refractivity contribution in [1.29, 1.82) is 0 Å². The Morgan fingerprint density at radius 3 is 2.45 bits per heavy atom. The van der Waals surface area contributed by atoms with Crippen molar-refractivity contribution in [3.63, 3.8) is 0 Å². The van der Waals surface area contributed by atoms with E-state index < -0.39 is 0 Å². The third-order valence-electron chi connectivity index (χ3n) is 3.17. The lowest BCUT2D eigenvalue weighted by atomic mass is 9.86. The first-order chi connectivity index (χ1) is 9.40. The number of aryl methyl sites for hydroxylation is 1. The van der Waals surface area contributed by atoms with E-state index in [1.165, 1.54) is 0 Å². The molecule has 0 aliphatic heterocycles. The second-order valence-corrected chi connectivity index (χ2v) is 6.04. The Labute approximate surface area is 120 Å². The number of hydrogen-bond acceptors (Lipinski definition) is 2. The topological polar surface area (TPSA) is 26.3 Å². The van der Waals surface area contributed by atoms with Crippen LogP contribution in [0.5, 0.6) is 11.5 Å². The number of ether oxygens (including phenoxy) is 1. The minimum atomic E-state index is 0.00526. The van der Waals surface area contributed by atoms with Gasteiger partial charge < -0.3 is 4.74 Å². The van der Waals surface area contributed by atoms with Gasteiger partial charge in [0.25, 0.3) is 0 Å². The molecule has 0 saturated carbocycles. The number of hydrogen-bond donors (Lipinski definition) is 0. The van der Waals surface area contributed by atoms with Crippen LogP contribution in [0.3, 0.4) is 0 Å². The molecule has 104 valence electrons. The monoisotopic (exact) mass is 268 g/mol. The molecule has 0 unspecified atom stereocenters. The van der Waals surface area contributed by atoms with Crippen LogP contribution in [-0.4, -0.2) is 6.29 Å². The molecule has 0 heterocycles. The second kappa shape index (κ2) is 5.49. The molecule has 2 aromatic rings. The smallest absolute Gasteiger partial charge is 0.150 e. The lowest BCUT2D eigenvalue weighted by molar-refractivity contribution is 0.112. The number of aldehydes is 1. The summed E-state index contributed by atoms with van der Waals surface area (Å²) in [5.41, 5.74) is 2.93. The SMILES string of the molecule is Cc1ccc(C(C)(C)C)c(Oc2cccc(C=O)c2)c1. The lowest BCUT2D eigenvalue weighted by Gasteiger charge is -2.23. The molecule has 2 aromatic carbocycles. The van der Waals surface area contributed by atoms with E-state index in [4.69, 9.17) is 4.74 Å². The van der Waals surface area contributed by atoms with Gasteiger partial charge in [0.2, 0.25) is 0 Å². The van der Waals surface area contributed by atoms with Crippen LogP contribution < -0.4 is 4.74 Å².